The molecule has 0 N–H and O–H groups in total. The predicted molar refractivity (Wildman–Crippen MR) is 101 cm³/mol. The summed E-state index contributed by atoms with van der Waals surface area (Å²) in [6, 6.07) is 5.84. The molecule has 0 saturated carbocycles. The molecular formula is C20H27NO8. The topological polar surface area (TPSA) is 108 Å². The molecule has 29 heavy (non-hydrogen) atoms. The molecular weight excluding hydrogens is 382 g/mol. The van der Waals surface area contributed by atoms with Crippen molar-refractivity contribution in [3.8, 4) is 0 Å². The molecule has 9 nitrogen and oxygen atoms in total. The monoisotopic (exact) mass is 409 g/mol. The smallest absolute Gasteiger partial charge is 0.298 e. The van der Waals surface area contributed by atoms with Crippen LogP contribution in [0.25, 0.3) is 0 Å². The third-order valence-electron chi connectivity index (χ3n) is 3.85. The highest BCUT2D eigenvalue weighted by Crippen LogP contribution is 2.13. The minimum absolute atomic E-state index is 0.0539. The largest absolute Gasteiger partial charge is 0.345 e. The molecule has 0 fully saturated rings. The fourth-order valence-corrected chi connectivity index (χ4v) is 2.25. The summed E-state index contributed by atoms with van der Waals surface area (Å²) in [4.78, 5) is 65.6. The maximum absolute atomic E-state index is 12.6. The second kappa shape index (κ2) is 14.3. The molecule has 0 aliphatic carbocycles. The lowest BCUT2D eigenvalue weighted by molar-refractivity contribution is -0.549. The van der Waals surface area contributed by atoms with Crippen molar-refractivity contribution in [3.63, 3.8) is 0 Å². The van der Waals surface area contributed by atoms with Gasteiger partial charge in [-0.15, -0.1) is 0 Å². The number of nitrogens with zero attached hydrogens (tertiary/aromatic N) is 1. The molecule has 0 aromatic heterocycles. The molecule has 1 amide bonds. The molecule has 9 heteroatoms. The number of hydrogen-bond donors (Lipinski definition) is 0. The SMILES string of the molecule is CCCCCC(=O)OON(OOC(=O)CCCCC)C(=O)c1ccccc1C=O. The van der Waals surface area contributed by atoms with Crippen molar-refractivity contribution in [2.24, 2.45) is 0 Å². The number of hydroxylamine groups is 2. The molecule has 1 aromatic rings. The maximum Gasteiger partial charge on any atom is 0.345 e. The van der Waals surface area contributed by atoms with Gasteiger partial charge in [-0.1, -0.05) is 57.7 Å². The number of carbonyl (C=O) groups excluding carboxylic acids is 4. The average Bonchev–Trinajstić information content (AvgIpc) is 2.73. The Morgan fingerprint density at radius 3 is 1.86 bits per heavy atom. The summed E-state index contributed by atoms with van der Waals surface area (Å²) in [6.07, 6.45) is 5.30. The Morgan fingerprint density at radius 1 is 0.862 bits per heavy atom. The molecule has 0 atom stereocenters. The zero-order valence-corrected chi connectivity index (χ0v) is 16.8. The van der Waals surface area contributed by atoms with E-state index in [0.29, 0.717) is 19.1 Å². The Balaban J connectivity index is 2.76. The molecule has 0 aliphatic rings. The first-order valence-electron chi connectivity index (χ1n) is 9.67. The molecule has 0 saturated heterocycles. The zero-order chi connectivity index (χ0) is 21.5. The molecule has 0 heterocycles. The van der Waals surface area contributed by atoms with E-state index in [9.17, 15) is 19.2 Å². The van der Waals surface area contributed by atoms with Crippen molar-refractivity contribution in [2.75, 3.05) is 0 Å². The van der Waals surface area contributed by atoms with Gasteiger partial charge in [-0.2, -0.15) is 0 Å². The summed E-state index contributed by atoms with van der Waals surface area (Å²) >= 11 is 0. The van der Waals surface area contributed by atoms with Crippen molar-refractivity contribution in [1.82, 2.24) is 5.23 Å². The second-order valence-corrected chi connectivity index (χ2v) is 6.24. The first-order valence-corrected chi connectivity index (χ1v) is 9.67. The van der Waals surface area contributed by atoms with E-state index in [1.54, 1.807) is 6.07 Å². The van der Waals surface area contributed by atoms with Crippen LogP contribution in [0.3, 0.4) is 0 Å². The lowest BCUT2D eigenvalue weighted by atomic mass is 10.1. The minimum Gasteiger partial charge on any atom is -0.298 e. The summed E-state index contributed by atoms with van der Waals surface area (Å²) < 4.78 is 0. The fraction of sp³-hybridized carbons (Fsp3) is 0.500. The van der Waals surface area contributed by atoms with Gasteiger partial charge in [0, 0.05) is 23.6 Å². The van der Waals surface area contributed by atoms with Crippen LogP contribution in [0.2, 0.25) is 0 Å². The summed E-state index contributed by atoms with van der Waals surface area (Å²) in [7, 11) is 0. The van der Waals surface area contributed by atoms with Crippen LogP contribution in [-0.2, 0) is 29.3 Å². The molecule has 1 aromatic carbocycles. The lowest BCUT2D eigenvalue weighted by Crippen LogP contribution is -2.34. The normalized spacial score (nSPS) is 10.3. The van der Waals surface area contributed by atoms with Crippen molar-refractivity contribution < 1.29 is 38.9 Å². The van der Waals surface area contributed by atoms with Gasteiger partial charge in [0.2, 0.25) is 0 Å². The number of rotatable bonds is 14. The van der Waals surface area contributed by atoms with Gasteiger partial charge in [-0.25, -0.2) is 9.59 Å². The van der Waals surface area contributed by atoms with Gasteiger partial charge in [0.15, 0.2) is 6.29 Å². The molecule has 160 valence electrons. The Hall–Kier alpha value is -2.78. The molecule has 0 spiro atoms. The van der Waals surface area contributed by atoms with E-state index in [1.165, 1.54) is 18.2 Å². The van der Waals surface area contributed by atoms with Gasteiger partial charge in [0.1, 0.15) is 0 Å². The molecule has 0 bridgehead atoms. The van der Waals surface area contributed by atoms with Crippen molar-refractivity contribution >= 4 is 24.1 Å². The molecule has 1 rings (SSSR count). The Labute approximate surface area is 169 Å². The van der Waals surface area contributed by atoms with Crippen LogP contribution in [0.4, 0.5) is 0 Å². The average molecular weight is 409 g/mol. The summed E-state index contributed by atoms with van der Waals surface area (Å²) in [5.41, 5.74) is -0.0372. The van der Waals surface area contributed by atoms with E-state index in [0.717, 1.165) is 25.7 Å². The van der Waals surface area contributed by atoms with E-state index < -0.39 is 17.8 Å². The van der Waals surface area contributed by atoms with Crippen molar-refractivity contribution in [3.05, 3.63) is 35.4 Å². The highest BCUT2D eigenvalue weighted by molar-refractivity contribution is 6.00. The number of amides is 1. The third-order valence-corrected chi connectivity index (χ3v) is 3.85. The van der Waals surface area contributed by atoms with Crippen molar-refractivity contribution in [2.45, 2.75) is 65.2 Å². The van der Waals surface area contributed by atoms with Gasteiger partial charge < -0.3 is 0 Å². The van der Waals surface area contributed by atoms with Crippen LogP contribution in [0, 0.1) is 0 Å². The van der Waals surface area contributed by atoms with Crippen LogP contribution < -0.4 is 0 Å². The van der Waals surface area contributed by atoms with Crippen LogP contribution >= 0.6 is 0 Å². The molecule has 0 unspecified atom stereocenters. The van der Waals surface area contributed by atoms with Gasteiger partial charge in [0.25, 0.3) is 0 Å². The van der Waals surface area contributed by atoms with E-state index in [-0.39, 0.29) is 29.2 Å². The molecule has 0 aliphatic heterocycles. The number of benzene rings is 1. The Kier molecular flexibility index (Phi) is 11.9. The van der Waals surface area contributed by atoms with Crippen molar-refractivity contribution in [1.29, 1.82) is 0 Å². The zero-order valence-electron chi connectivity index (χ0n) is 16.8. The third kappa shape index (κ3) is 9.31. The number of unbranched alkanes of at least 4 members (excludes halogenated alkanes) is 4. The number of carbonyl (C=O) groups is 4. The van der Waals surface area contributed by atoms with Crippen LogP contribution in [-0.4, -0.2) is 29.4 Å². The summed E-state index contributed by atoms with van der Waals surface area (Å²) in [6.45, 7) is 3.96. The maximum atomic E-state index is 12.6. The first-order chi connectivity index (χ1) is 14.0. The van der Waals surface area contributed by atoms with Gasteiger partial charge >= 0.3 is 17.8 Å². The van der Waals surface area contributed by atoms with E-state index in [1.807, 2.05) is 13.8 Å². The van der Waals surface area contributed by atoms with Gasteiger partial charge in [-0.05, 0) is 28.9 Å². The van der Waals surface area contributed by atoms with E-state index in [2.05, 4.69) is 19.8 Å². The Morgan fingerprint density at radius 2 is 1.38 bits per heavy atom. The fourth-order valence-electron chi connectivity index (χ4n) is 2.25. The van der Waals surface area contributed by atoms with Crippen LogP contribution in [0.1, 0.15) is 85.9 Å². The van der Waals surface area contributed by atoms with Crippen LogP contribution in [0.15, 0.2) is 24.3 Å². The lowest BCUT2D eigenvalue weighted by Gasteiger charge is -2.17. The standard InChI is InChI=1S/C20H27NO8/c1-3-5-7-13-18(23)26-28-21(29-27-19(24)14-8-6-4-2)20(25)17-12-10-9-11-16(17)15-22/h9-12,15H,3-8,13-14H2,1-2H3. The first kappa shape index (κ1) is 24.3. The molecule has 0 radical (unpaired) electrons. The highest BCUT2D eigenvalue weighted by Gasteiger charge is 2.26. The van der Waals surface area contributed by atoms with Crippen LogP contribution in [0.5, 0.6) is 0 Å². The number of hydrogen-bond acceptors (Lipinski definition) is 8. The number of aldehydes is 1. The van der Waals surface area contributed by atoms with E-state index >= 15 is 0 Å². The Bertz CT molecular complexity index is 650. The van der Waals surface area contributed by atoms with E-state index in [4.69, 9.17) is 0 Å². The minimum atomic E-state index is -0.990. The van der Waals surface area contributed by atoms with Gasteiger partial charge in [0.05, 0.1) is 5.56 Å². The second-order valence-electron chi connectivity index (χ2n) is 6.24. The highest BCUT2D eigenvalue weighted by atomic mass is 17.4. The predicted octanol–water partition coefficient (Wildman–Crippen LogP) is 3.88. The summed E-state index contributed by atoms with van der Waals surface area (Å²) in [5.74, 6) is -2.44. The van der Waals surface area contributed by atoms with Gasteiger partial charge in [-0.3, -0.25) is 19.4 Å². The quantitative estimate of drug-likeness (QED) is 0.197. The summed E-state index contributed by atoms with van der Waals surface area (Å²) in [5, 5.41) is 0.109.